The maximum atomic E-state index is 10.2. The van der Waals surface area contributed by atoms with Crippen molar-refractivity contribution >= 4 is 0 Å². The van der Waals surface area contributed by atoms with Gasteiger partial charge < -0.3 is 14.6 Å². The van der Waals surface area contributed by atoms with Gasteiger partial charge in [0.2, 0.25) is 0 Å². The Kier molecular flexibility index (Phi) is 4.87. The number of aliphatic hydroxyl groups excluding tert-OH is 1. The minimum absolute atomic E-state index is 0.0432. The first-order valence-electron chi connectivity index (χ1n) is 7.17. The van der Waals surface area contributed by atoms with Crippen LogP contribution in [0, 0.1) is 10.8 Å². The largest absolute Gasteiger partial charge is 0.392 e. The van der Waals surface area contributed by atoms with Gasteiger partial charge in [0.15, 0.2) is 5.79 Å². The molecule has 3 heteroatoms. The van der Waals surface area contributed by atoms with Crippen LogP contribution in [0.2, 0.25) is 0 Å². The number of hydrogen-bond acceptors (Lipinski definition) is 3. The zero-order chi connectivity index (χ0) is 14.9. The molecule has 19 heavy (non-hydrogen) atoms. The van der Waals surface area contributed by atoms with Gasteiger partial charge in [-0.1, -0.05) is 48.1 Å². The molecular formula is C16H30O3. The van der Waals surface area contributed by atoms with Gasteiger partial charge in [0.05, 0.1) is 19.3 Å². The van der Waals surface area contributed by atoms with Gasteiger partial charge in [-0.2, -0.15) is 0 Å². The van der Waals surface area contributed by atoms with Gasteiger partial charge in [-0.15, -0.1) is 0 Å². The van der Waals surface area contributed by atoms with Gasteiger partial charge in [0.25, 0.3) is 0 Å². The van der Waals surface area contributed by atoms with E-state index in [-0.39, 0.29) is 10.8 Å². The number of rotatable bonds is 4. The molecule has 1 heterocycles. The molecule has 1 unspecified atom stereocenters. The Bertz CT molecular complexity index is 315. The fraction of sp³-hybridized carbons (Fsp3) is 0.875. The van der Waals surface area contributed by atoms with Crippen LogP contribution < -0.4 is 0 Å². The van der Waals surface area contributed by atoms with E-state index in [1.54, 1.807) is 0 Å². The minimum Gasteiger partial charge on any atom is -0.392 e. The molecule has 0 aromatic heterocycles. The average molecular weight is 270 g/mol. The standard InChI is InChI=1S/C16H30O3/c1-8-16(18-10-15(6,7)11-19-16)12(2)9-13(17)14(3,4)5/h13,17H,2,8-11H2,1,3-7H3. The van der Waals surface area contributed by atoms with E-state index in [9.17, 15) is 5.11 Å². The van der Waals surface area contributed by atoms with E-state index in [1.807, 2.05) is 27.7 Å². The Morgan fingerprint density at radius 3 is 2.11 bits per heavy atom. The molecule has 0 saturated carbocycles. The number of ether oxygens (including phenoxy) is 2. The maximum absolute atomic E-state index is 10.2. The Morgan fingerprint density at radius 1 is 1.26 bits per heavy atom. The summed E-state index contributed by atoms with van der Waals surface area (Å²) in [4.78, 5) is 0. The van der Waals surface area contributed by atoms with Crippen molar-refractivity contribution in [2.45, 2.75) is 66.3 Å². The first kappa shape index (κ1) is 16.7. The summed E-state index contributed by atoms with van der Waals surface area (Å²) in [7, 11) is 0. The third-order valence-electron chi connectivity index (χ3n) is 3.84. The van der Waals surface area contributed by atoms with Gasteiger partial charge in [-0.25, -0.2) is 0 Å². The lowest BCUT2D eigenvalue weighted by atomic mass is 9.83. The predicted molar refractivity (Wildman–Crippen MR) is 77.9 cm³/mol. The van der Waals surface area contributed by atoms with E-state index in [0.717, 1.165) is 12.0 Å². The zero-order valence-corrected chi connectivity index (χ0v) is 13.4. The van der Waals surface area contributed by atoms with Crippen LogP contribution in [0.15, 0.2) is 12.2 Å². The van der Waals surface area contributed by atoms with Gasteiger partial charge >= 0.3 is 0 Å². The second-order valence-electron chi connectivity index (χ2n) is 7.54. The molecule has 0 amide bonds. The van der Waals surface area contributed by atoms with Crippen molar-refractivity contribution in [1.82, 2.24) is 0 Å². The average Bonchev–Trinajstić information content (AvgIpc) is 2.28. The Morgan fingerprint density at radius 2 is 1.74 bits per heavy atom. The lowest BCUT2D eigenvalue weighted by Gasteiger charge is -2.45. The van der Waals surface area contributed by atoms with E-state index < -0.39 is 11.9 Å². The smallest absolute Gasteiger partial charge is 0.190 e. The summed E-state index contributed by atoms with van der Waals surface area (Å²) in [6, 6.07) is 0. The molecule has 0 radical (unpaired) electrons. The molecule has 0 aromatic rings. The van der Waals surface area contributed by atoms with E-state index in [2.05, 4.69) is 20.4 Å². The van der Waals surface area contributed by atoms with Crippen LogP contribution in [-0.4, -0.2) is 30.2 Å². The summed E-state index contributed by atoms with van der Waals surface area (Å²) in [5.41, 5.74) is 0.723. The summed E-state index contributed by atoms with van der Waals surface area (Å²) < 4.78 is 11.9. The molecule has 1 aliphatic rings. The molecule has 0 aromatic carbocycles. The quantitative estimate of drug-likeness (QED) is 0.794. The summed E-state index contributed by atoms with van der Waals surface area (Å²) in [5, 5.41) is 10.2. The third kappa shape index (κ3) is 4.04. The minimum atomic E-state index is -0.720. The van der Waals surface area contributed by atoms with Crippen molar-refractivity contribution in [1.29, 1.82) is 0 Å². The Labute approximate surface area is 118 Å². The third-order valence-corrected chi connectivity index (χ3v) is 3.84. The van der Waals surface area contributed by atoms with Crippen LogP contribution in [-0.2, 0) is 9.47 Å². The van der Waals surface area contributed by atoms with E-state index in [0.29, 0.717) is 19.6 Å². The molecule has 0 aliphatic carbocycles. The zero-order valence-electron chi connectivity index (χ0n) is 13.4. The van der Waals surface area contributed by atoms with Gasteiger partial charge in [0.1, 0.15) is 0 Å². The van der Waals surface area contributed by atoms with Gasteiger partial charge in [-0.3, -0.25) is 0 Å². The van der Waals surface area contributed by atoms with Gasteiger partial charge in [-0.05, 0) is 17.4 Å². The molecule has 0 bridgehead atoms. The summed E-state index contributed by atoms with van der Waals surface area (Å²) in [6.45, 7) is 17.8. The summed E-state index contributed by atoms with van der Waals surface area (Å²) in [5.74, 6) is -0.720. The lowest BCUT2D eigenvalue weighted by molar-refractivity contribution is -0.280. The van der Waals surface area contributed by atoms with Crippen LogP contribution >= 0.6 is 0 Å². The van der Waals surface area contributed by atoms with E-state index in [1.165, 1.54) is 0 Å². The molecule has 3 nitrogen and oxygen atoms in total. The molecule has 1 atom stereocenters. The molecule has 1 saturated heterocycles. The van der Waals surface area contributed by atoms with E-state index in [4.69, 9.17) is 9.47 Å². The van der Waals surface area contributed by atoms with Crippen molar-refractivity contribution < 1.29 is 14.6 Å². The fourth-order valence-electron chi connectivity index (χ4n) is 2.06. The van der Waals surface area contributed by atoms with Crippen molar-refractivity contribution in [2.24, 2.45) is 10.8 Å². The van der Waals surface area contributed by atoms with Crippen LogP contribution in [0.4, 0.5) is 0 Å². The molecule has 1 N–H and O–H groups in total. The Hall–Kier alpha value is -0.380. The SMILES string of the molecule is C=C(CC(O)C(C)(C)C)C1(CC)OCC(C)(C)CO1. The highest BCUT2D eigenvalue weighted by atomic mass is 16.7. The van der Waals surface area contributed by atoms with Crippen molar-refractivity contribution in [2.75, 3.05) is 13.2 Å². The number of hydrogen-bond donors (Lipinski definition) is 1. The second-order valence-corrected chi connectivity index (χ2v) is 7.54. The first-order chi connectivity index (χ1) is 8.52. The fourth-order valence-corrected chi connectivity index (χ4v) is 2.06. The normalized spacial score (nSPS) is 23.9. The summed E-state index contributed by atoms with van der Waals surface area (Å²) >= 11 is 0. The predicted octanol–water partition coefficient (Wildman–Crippen LogP) is 3.52. The highest BCUT2D eigenvalue weighted by Crippen LogP contribution is 2.38. The van der Waals surface area contributed by atoms with Crippen LogP contribution in [0.3, 0.4) is 0 Å². The molecule has 1 aliphatic heterocycles. The van der Waals surface area contributed by atoms with Crippen molar-refractivity contribution in [3.8, 4) is 0 Å². The molecular weight excluding hydrogens is 240 g/mol. The maximum Gasteiger partial charge on any atom is 0.190 e. The van der Waals surface area contributed by atoms with Crippen LogP contribution in [0.25, 0.3) is 0 Å². The monoisotopic (exact) mass is 270 g/mol. The topological polar surface area (TPSA) is 38.7 Å². The van der Waals surface area contributed by atoms with E-state index >= 15 is 0 Å². The van der Waals surface area contributed by atoms with Crippen molar-refractivity contribution in [3.63, 3.8) is 0 Å². The Balaban J connectivity index is 2.73. The lowest BCUT2D eigenvalue weighted by Crippen LogP contribution is -2.49. The van der Waals surface area contributed by atoms with Gasteiger partial charge in [0, 0.05) is 11.8 Å². The first-order valence-corrected chi connectivity index (χ1v) is 7.17. The van der Waals surface area contributed by atoms with Crippen molar-refractivity contribution in [3.05, 3.63) is 12.2 Å². The van der Waals surface area contributed by atoms with Crippen LogP contribution in [0.5, 0.6) is 0 Å². The highest BCUT2D eigenvalue weighted by Gasteiger charge is 2.42. The number of aliphatic hydroxyl groups is 1. The summed E-state index contributed by atoms with van der Waals surface area (Å²) in [6.07, 6.45) is 0.793. The molecule has 1 fully saturated rings. The second kappa shape index (κ2) is 5.55. The highest BCUT2D eigenvalue weighted by molar-refractivity contribution is 5.11. The molecule has 1 rings (SSSR count). The molecule has 0 spiro atoms. The van der Waals surface area contributed by atoms with Crippen LogP contribution in [0.1, 0.15) is 54.4 Å². The molecule has 112 valence electrons.